The molecule has 0 bridgehead atoms. The molecule has 2 unspecified atom stereocenters. The molecule has 0 radical (unpaired) electrons. The van der Waals surface area contributed by atoms with Crippen molar-refractivity contribution < 1.29 is 9.53 Å². The number of hydrogen-bond acceptors (Lipinski definition) is 3. The molecule has 0 heterocycles. The molecule has 0 saturated heterocycles. The van der Waals surface area contributed by atoms with Crippen molar-refractivity contribution in [1.29, 1.82) is 0 Å². The molecule has 4 heteroatoms. The number of amides is 1. The van der Waals surface area contributed by atoms with E-state index in [2.05, 4.69) is 30.5 Å². The number of rotatable bonds is 8. The Hall–Kier alpha value is -1.55. The van der Waals surface area contributed by atoms with Gasteiger partial charge in [0, 0.05) is 18.2 Å². The Morgan fingerprint density at radius 2 is 2.00 bits per heavy atom. The van der Waals surface area contributed by atoms with Crippen LogP contribution in [0.3, 0.4) is 0 Å². The van der Waals surface area contributed by atoms with Crippen LogP contribution < -0.4 is 15.4 Å². The highest BCUT2D eigenvalue weighted by Crippen LogP contribution is 2.21. The fourth-order valence-corrected chi connectivity index (χ4v) is 1.93. The van der Waals surface area contributed by atoms with E-state index in [1.165, 1.54) is 5.56 Å². The first-order valence-corrected chi connectivity index (χ1v) is 7.75. The Balaban J connectivity index is 2.74. The monoisotopic (exact) mass is 292 g/mol. The molecule has 0 aliphatic carbocycles. The van der Waals surface area contributed by atoms with Gasteiger partial charge in [0.1, 0.15) is 5.75 Å². The lowest BCUT2D eigenvalue weighted by Gasteiger charge is -2.20. The van der Waals surface area contributed by atoms with E-state index in [4.69, 9.17) is 4.74 Å². The zero-order chi connectivity index (χ0) is 15.8. The van der Waals surface area contributed by atoms with Gasteiger partial charge in [-0.05, 0) is 39.8 Å². The van der Waals surface area contributed by atoms with Gasteiger partial charge in [-0.1, -0.05) is 31.5 Å². The number of ether oxygens (including phenoxy) is 1. The van der Waals surface area contributed by atoms with E-state index in [0.29, 0.717) is 0 Å². The lowest BCUT2D eigenvalue weighted by Crippen LogP contribution is -2.41. The summed E-state index contributed by atoms with van der Waals surface area (Å²) in [7, 11) is 0. The highest BCUT2D eigenvalue weighted by molar-refractivity contribution is 5.81. The van der Waals surface area contributed by atoms with Crippen LogP contribution in [0.1, 0.15) is 45.2 Å². The van der Waals surface area contributed by atoms with Crippen molar-refractivity contribution in [2.24, 2.45) is 0 Å². The van der Waals surface area contributed by atoms with Gasteiger partial charge in [-0.2, -0.15) is 0 Å². The van der Waals surface area contributed by atoms with Crippen molar-refractivity contribution >= 4 is 5.91 Å². The third kappa shape index (κ3) is 5.76. The largest absolute Gasteiger partial charge is 0.481 e. The van der Waals surface area contributed by atoms with E-state index in [0.717, 1.165) is 30.8 Å². The third-order valence-corrected chi connectivity index (χ3v) is 3.46. The molecule has 118 valence electrons. The lowest BCUT2D eigenvalue weighted by molar-refractivity contribution is -0.127. The second-order valence-electron chi connectivity index (χ2n) is 5.47. The molecule has 1 aromatic rings. The number of nitrogens with one attached hydrogen (secondary N) is 2. The van der Waals surface area contributed by atoms with E-state index in [1.807, 2.05) is 26.0 Å². The Morgan fingerprint density at radius 1 is 1.29 bits per heavy atom. The maximum Gasteiger partial charge on any atom is 0.260 e. The van der Waals surface area contributed by atoms with Crippen LogP contribution in [0.15, 0.2) is 18.2 Å². The van der Waals surface area contributed by atoms with Crippen LogP contribution in [0.25, 0.3) is 0 Å². The Labute approximate surface area is 128 Å². The zero-order valence-electron chi connectivity index (χ0n) is 13.8. The summed E-state index contributed by atoms with van der Waals surface area (Å²) in [6.07, 6.45) is 0.413. The number of aryl methyl sites for hydroxylation is 1. The van der Waals surface area contributed by atoms with Crippen LogP contribution in [0, 0.1) is 6.92 Å². The molecule has 21 heavy (non-hydrogen) atoms. The molecule has 1 rings (SSSR count). The number of carbonyl (C=O) groups is 1. The van der Waals surface area contributed by atoms with Crippen LogP contribution >= 0.6 is 0 Å². The Kier molecular flexibility index (Phi) is 7.23. The smallest absolute Gasteiger partial charge is 0.260 e. The summed E-state index contributed by atoms with van der Waals surface area (Å²) >= 11 is 0. The van der Waals surface area contributed by atoms with Crippen LogP contribution in [0.4, 0.5) is 0 Å². The van der Waals surface area contributed by atoms with Crippen LogP contribution in [0.2, 0.25) is 0 Å². The molecule has 1 aromatic carbocycles. The van der Waals surface area contributed by atoms with Crippen molar-refractivity contribution in [3.8, 4) is 5.75 Å². The van der Waals surface area contributed by atoms with Gasteiger partial charge in [0.25, 0.3) is 5.91 Å². The Morgan fingerprint density at radius 3 is 2.62 bits per heavy atom. The molecule has 0 saturated carbocycles. The second-order valence-corrected chi connectivity index (χ2v) is 5.47. The van der Waals surface area contributed by atoms with Gasteiger partial charge >= 0.3 is 0 Å². The fraction of sp³-hybridized carbons (Fsp3) is 0.588. The van der Waals surface area contributed by atoms with Gasteiger partial charge in [-0.15, -0.1) is 0 Å². The zero-order valence-corrected chi connectivity index (χ0v) is 13.8. The second kappa shape index (κ2) is 8.67. The van der Waals surface area contributed by atoms with E-state index in [1.54, 1.807) is 6.92 Å². The maximum atomic E-state index is 12.1. The first-order valence-electron chi connectivity index (χ1n) is 7.75. The summed E-state index contributed by atoms with van der Waals surface area (Å²) in [4.78, 5) is 12.1. The molecular weight excluding hydrogens is 264 g/mol. The summed E-state index contributed by atoms with van der Waals surface area (Å²) in [6, 6.07) is 6.21. The van der Waals surface area contributed by atoms with Crippen LogP contribution in [-0.2, 0) is 11.3 Å². The molecule has 1 amide bonds. The van der Waals surface area contributed by atoms with Crippen molar-refractivity contribution in [2.75, 3.05) is 6.54 Å². The minimum absolute atomic E-state index is 0.0701. The molecule has 2 N–H and O–H groups in total. The molecule has 4 nitrogen and oxygen atoms in total. The first kappa shape index (κ1) is 17.5. The minimum atomic E-state index is -0.498. The van der Waals surface area contributed by atoms with E-state index in [9.17, 15) is 4.79 Å². The van der Waals surface area contributed by atoms with Crippen molar-refractivity contribution in [2.45, 2.75) is 59.7 Å². The quantitative estimate of drug-likeness (QED) is 0.774. The molecular formula is C17H28N2O2. The summed E-state index contributed by atoms with van der Waals surface area (Å²) in [6.45, 7) is 11.6. The molecule has 0 aliphatic heterocycles. The Bertz CT molecular complexity index is 460. The summed E-state index contributed by atoms with van der Waals surface area (Å²) in [5, 5.41) is 6.24. The first-order chi connectivity index (χ1) is 9.97. The van der Waals surface area contributed by atoms with Gasteiger partial charge < -0.3 is 15.4 Å². The number of hydrogen-bond donors (Lipinski definition) is 2. The molecule has 0 fully saturated rings. The van der Waals surface area contributed by atoms with Crippen LogP contribution in [-0.4, -0.2) is 24.6 Å². The van der Waals surface area contributed by atoms with Gasteiger partial charge in [0.2, 0.25) is 0 Å². The van der Waals surface area contributed by atoms with Gasteiger partial charge in [-0.25, -0.2) is 0 Å². The van der Waals surface area contributed by atoms with Gasteiger partial charge in [0.05, 0.1) is 0 Å². The lowest BCUT2D eigenvalue weighted by atomic mass is 10.1. The predicted octanol–water partition coefficient (Wildman–Crippen LogP) is 2.79. The van der Waals surface area contributed by atoms with E-state index in [-0.39, 0.29) is 11.9 Å². The normalized spacial score (nSPS) is 13.6. The number of carbonyl (C=O) groups excluding carboxylic acids is 1. The van der Waals surface area contributed by atoms with Crippen molar-refractivity contribution in [1.82, 2.24) is 10.6 Å². The summed E-state index contributed by atoms with van der Waals surface area (Å²) in [5.41, 5.74) is 2.27. The average molecular weight is 292 g/mol. The average Bonchev–Trinajstić information content (AvgIpc) is 2.46. The standard InChI is InChI=1S/C17H28N2O2/c1-6-13(4)19-17(20)14(5)21-16-9-8-12(3)10-15(16)11-18-7-2/h8-10,13-14,18H,6-7,11H2,1-5H3,(H,19,20). The van der Waals surface area contributed by atoms with E-state index >= 15 is 0 Å². The molecule has 0 spiro atoms. The highest BCUT2D eigenvalue weighted by Gasteiger charge is 2.17. The van der Waals surface area contributed by atoms with Crippen molar-refractivity contribution in [3.05, 3.63) is 29.3 Å². The highest BCUT2D eigenvalue weighted by atomic mass is 16.5. The SMILES string of the molecule is CCNCc1cc(C)ccc1OC(C)C(=O)NC(C)CC. The van der Waals surface area contributed by atoms with Crippen molar-refractivity contribution in [3.63, 3.8) is 0 Å². The molecule has 0 aromatic heterocycles. The molecule has 2 atom stereocenters. The minimum Gasteiger partial charge on any atom is -0.481 e. The van der Waals surface area contributed by atoms with Crippen LogP contribution in [0.5, 0.6) is 5.75 Å². The third-order valence-electron chi connectivity index (χ3n) is 3.46. The maximum absolute atomic E-state index is 12.1. The van der Waals surface area contributed by atoms with E-state index < -0.39 is 6.10 Å². The summed E-state index contributed by atoms with van der Waals surface area (Å²) in [5.74, 6) is 0.702. The van der Waals surface area contributed by atoms with Gasteiger partial charge in [-0.3, -0.25) is 4.79 Å². The topological polar surface area (TPSA) is 50.4 Å². The van der Waals surface area contributed by atoms with Gasteiger partial charge in [0.15, 0.2) is 6.10 Å². The fourth-order valence-electron chi connectivity index (χ4n) is 1.93. The predicted molar refractivity (Wildman–Crippen MR) is 86.5 cm³/mol. The number of benzene rings is 1. The summed E-state index contributed by atoms with van der Waals surface area (Å²) < 4.78 is 5.85. The molecule has 0 aliphatic rings.